The molecule has 22 heavy (non-hydrogen) atoms. The van der Waals surface area contributed by atoms with E-state index in [4.69, 9.17) is 5.11 Å². The highest BCUT2D eigenvalue weighted by Gasteiger charge is 2.10. The van der Waals surface area contributed by atoms with Gasteiger partial charge in [0.1, 0.15) is 5.52 Å². The van der Waals surface area contributed by atoms with Gasteiger partial charge in [0.25, 0.3) is 5.56 Å². The van der Waals surface area contributed by atoms with Gasteiger partial charge in [0.15, 0.2) is 0 Å². The van der Waals surface area contributed by atoms with Crippen molar-refractivity contribution in [1.82, 2.24) is 9.55 Å². The van der Waals surface area contributed by atoms with Gasteiger partial charge < -0.3 is 14.7 Å². The third-order valence-electron chi connectivity index (χ3n) is 3.78. The largest absolute Gasteiger partial charge is 0.392 e. The molecule has 2 N–H and O–H groups in total. The highest BCUT2D eigenvalue weighted by molar-refractivity contribution is 5.94. The van der Waals surface area contributed by atoms with E-state index in [-0.39, 0.29) is 12.2 Å². The van der Waals surface area contributed by atoms with Crippen LogP contribution in [-0.4, -0.2) is 14.7 Å². The van der Waals surface area contributed by atoms with Crippen LogP contribution >= 0.6 is 0 Å². The molecule has 4 heteroatoms. The Bertz CT molecular complexity index is 870. The monoisotopic (exact) mass is 294 g/mol. The van der Waals surface area contributed by atoms with E-state index in [1.165, 1.54) is 0 Å². The average molecular weight is 294 g/mol. The van der Waals surface area contributed by atoms with E-state index < -0.39 is 0 Å². The highest BCUT2D eigenvalue weighted by atomic mass is 16.3. The van der Waals surface area contributed by atoms with Crippen LogP contribution in [0.25, 0.3) is 22.0 Å². The topological polar surface area (TPSA) is 58.0 Å². The van der Waals surface area contributed by atoms with Crippen molar-refractivity contribution >= 4 is 10.9 Å². The summed E-state index contributed by atoms with van der Waals surface area (Å²) in [4.78, 5) is 15.5. The Hall–Kier alpha value is -2.59. The summed E-state index contributed by atoms with van der Waals surface area (Å²) in [6.07, 6.45) is 7.57. The van der Waals surface area contributed by atoms with Crippen LogP contribution in [0.5, 0.6) is 0 Å². The number of rotatable bonds is 4. The average Bonchev–Trinajstić information content (AvgIpc) is 3.05. The number of aromatic nitrogens is 2. The number of nitrogens with zero attached hydrogens (tertiary/aromatic N) is 1. The molecule has 0 amide bonds. The van der Waals surface area contributed by atoms with Crippen LogP contribution in [0.1, 0.15) is 12.5 Å². The molecule has 0 radical (unpaired) electrons. The highest BCUT2D eigenvalue weighted by Crippen LogP contribution is 2.26. The van der Waals surface area contributed by atoms with Crippen molar-refractivity contribution in [1.29, 1.82) is 0 Å². The SMILES string of the molecule is C/C=C/Cn1cc(-c2ccc(CO)cc2)c2cc[nH]c2c1=O. The van der Waals surface area contributed by atoms with Crippen LogP contribution in [0.3, 0.4) is 0 Å². The lowest BCUT2D eigenvalue weighted by Gasteiger charge is -2.09. The van der Waals surface area contributed by atoms with Crippen molar-refractivity contribution in [2.75, 3.05) is 0 Å². The van der Waals surface area contributed by atoms with Crippen molar-refractivity contribution in [2.45, 2.75) is 20.1 Å². The Morgan fingerprint density at radius 2 is 2.00 bits per heavy atom. The van der Waals surface area contributed by atoms with Gasteiger partial charge in [-0.05, 0) is 24.1 Å². The number of nitrogens with one attached hydrogen (secondary N) is 1. The molecule has 1 aromatic carbocycles. The maximum Gasteiger partial charge on any atom is 0.275 e. The first-order chi connectivity index (χ1) is 10.7. The lowest BCUT2D eigenvalue weighted by molar-refractivity contribution is 0.282. The van der Waals surface area contributed by atoms with E-state index in [9.17, 15) is 4.79 Å². The fraction of sp³-hybridized carbons (Fsp3) is 0.167. The predicted octanol–water partition coefficient (Wildman–Crippen LogP) is 3.07. The van der Waals surface area contributed by atoms with Crippen molar-refractivity contribution < 1.29 is 5.11 Å². The van der Waals surface area contributed by atoms with Gasteiger partial charge >= 0.3 is 0 Å². The smallest absolute Gasteiger partial charge is 0.275 e. The molecule has 112 valence electrons. The van der Waals surface area contributed by atoms with Gasteiger partial charge in [-0.15, -0.1) is 0 Å². The summed E-state index contributed by atoms with van der Waals surface area (Å²) in [7, 11) is 0. The van der Waals surface area contributed by atoms with Crippen LogP contribution in [0.15, 0.2) is 59.7 Å². The summed E-state index contributed by atoms with van der Waals surface area (Å²) >= 11 is 0. The fourth-order valence-electron chi connectivity index (χ4n) is 2.57. The molecule has 2 aromatic heterocycles. The quantitative estimate of drug-likeness (QED) is 0.727. The molecule has 0 aliphatic heterocycles. The summed E-state index contributed by atoms with van der Waals surface area (Å²) in [5.74, 6) is 0. The van der Waals surface area contributed by atoms with E-state index in [2.05, 4.69) is 4.98 Å². The van der Waals surface area contributed by atoms with Crippen molar-refractivity contribution in [3.63, 3.8) is 0 Å². The standard InChI is InChI=1S/C18H18N2O2/c1-2-3-10-20-11-16(14-6-4-13(12-21)5-7-14)15-8-9-19-17(15)18(20)22/h2-9,11,19,21H,10,12H2,1H3/b3-2+. The van der Waals surface area contributed by atoms with Crippen molar-refractivity contribution in [3.05, 3.63) is 70.8 Å². The molecule has 0 unspecified atom stereocenters. The van der Waals surface area contributed by atoms with E-state index >= 15 is 0 Å². The fourth-order valence-corrected chi connectivity index (χ4v) is 2.57. The van der Waals surface area contributed by atoms with E-state index in [1.807, 2.05) is 55.6 Å². The summed E-state index contributed by atoms with van der Waals surface area (Å²) in [6, 6.07) is 9.66. The third kappa shape index (κ3) is 2.49. The second kappa shape index (κ2) is 6.03. The summed E-state index contributed by atoms with van der Waals surface area (Å²) in [5.41, 5.74) is 3.50. The molecule has 4 nitrogen and oxygen atoms in total. The number of aliphatic hydroxyl groups excluding tert-OH is 1. The van der Waals surface area contributed by atoms with E-state index in [1.54, 1.807) is 10.8 Å². The van der Waals surface area contributed by atoms with Gasteiger partial charge in [0.05, 0.1) is 6.61 Å². The molecular formula is C18H18N2O2. The van der Waals surface area contributed by atoms with Crippen molar-refractivity contribution in [3.8, 4) is 11.1 Å². The molecular weight excluding hydrogens is 276 g/mol. The lowest BCUT2D eigenvalue weighted by Crippen LogP contribution is -2.19. The van der Waals surface area contributed by atoms with Gasteiger partial charge in [-0.25, -0.2) is 0 Å². The number of aromatic amines is 1. The number of hydrogen-bond donors (Lipinski definition) is 2. The Morgan fingerprint density at radius 1 is 1.23 bits per heavy atom. The predicted molar refractivity (Wildman–Crippen MR) is 88.7 cm³/mol. The zero-order valence-electron chi connectivity index (χ0n) is 12.4. The number of hydrogen-bond acceptors (Lipinski definition) is 2. The van der Waals surface area contributed by atoms with Gasteiger partial charge in [-0.3, -0.25) is 4.79 Å². The Kier molecular flexibility index (Phi) is 3.94. The number of benzene rings is 1. The molecule has 0 aliphatic carbocycles. The molecule has 2 heterocycles. The van der Waals surface area contributed by atoms with Crippen molar-refractivity contribution in [2.24, 2.45) is 0 Å². The summed E-state index contributed by atoms with van der Waals surface area (Å²) in [6.45, 7) is 2.51. The van der Waals surface area contributed by atoms with Crippen LogP contribution in [0.2, 0.25) is 0 Å². The molecule has 0 spiro atoms. The lowest BCUT2D eigenvalue weighted by atomic mass is 10.0. The van der Waals surface area contributed by atoms with Gasteiger partial charge in [-0.1, -0.05) is 36.4 Å². The van der Waals surface area contributed by atoms with Gasteiger partial charge in [0.2, 0.25) is 0 Å². The van der Waals surface area contributed by atoms with Crippen LogP contribution in [-0.2, 0) is 13.2 Å². The molecule has 3 rings (SSSR count). The number of allylic oxidation sites excluding steroid dienone is 2. The minimum atomic E-state index is -0.0196. The van der Waals surface area contributed by atoms with Crippen LogP contribution in [0, 0.1) is 0 Å². The zero-order chi connectivity index (χ0) is 15.5. The Morgan fingerprint density at radius 3 is 2.68 bits per heavy atom. The second-order valence-corrected chi connectivity index (χ2v) is 5.19. The number of aliphatic hydroxyl groups is 1. The van der Waals surface area contributed by atoms with E-state index in [0.717, 1.165) is 22.1 Å². The Labute approximate surface area is 128 Å². The first-order valence-electron chi connectivity index (χ1n) is 7.26. The number of pyridine rings is 1. The Balaban J connectivity index is 2.20. The normalized spacial score (nSPS) is 11.5. The number of H-pyrrole nitrogens is 1. The first kappa shape index (κ1) is 14.4. The molecule has 0 saturated carbocycles. The molecule has 3 aromatic rings. The summed E-state index contributed by atoms with van der Waals surface area (Å²) < 4.78 is 1.70. The zero-order valence-corrected chi connectivity index (χ0v) is 12.4. The van der Waals surface area contributed by atoms with Crippen LogP contribution < -0.4 is 5.56 Å². The second-order valence-electron chi connectivity index (χ2n) is 5.19. The minimum Gasteiger partial charge on any atom is -0.392 e. The van der Waals surface area contributed by atoms with Crippen LogP contribution in [0.4, 0.5) is 0 Å². The van der Waals surface area contributed by atoms with Gasteiger partial charge in [-0.2, -0.15) is 0 Å². The number of fused-ring (bicyclic) bond motifs is 1. The molecule has 0 aliphatic rings. The maximum absolute atomic E-state index is 12.4. The minimum absolute atomic E-state index is 0.0196. The molecule has 0 fully saturated rings. The summed E-state index contributed by atoms with van der Waals surface area (Å²) in [5, 5.41) is 10.1. The van der Waals surface area contributed by atoms with E-state index in [0.29, 0.717) is 12.1 Å². The van der Waals surface area contributed by atoms with Gasteiger partial charge in [0, 0.05) is 29.9 Å². The maximum atomic E-state index is 12.4. The first-order valence-corrected chi connectivity index (χ1v) is 7.26. The molecule has 0 saturated heterocycles. The molecule has 0 bridgehead atoms. The third-order valence-corrected chi connectivity index (χ3v) is 3.78. The molecule has 0 atom stereocenters.